The van der Waals surface area contributed by atoms with Crippen molar-refractivity contribution in [1.82, 2.24) is 0 Å². The molecule has 7 heteroatoms. The van der Waals surface area contributed by atoms with E-state index in [1.807, 2.05) is 0 Å². The average molecular weight is 340 g/mol. The number of ether oxygens (including phenoxy) is 2. The molecule has 2 rings (SSSR count). The summed E-state index contributed by atoms with van der Waals surface area (Å²) >= 11 is 6.99. The van der Waals surface area contributed by atoms with Crippen molar-refractivity contribution in [3.05, 3.63) is 45.6 Å². The van der Waals surface area contributed by atoms with Crippen LogP contribution in [0.25, 0.3) is 0 Å². The first kappa shape index (κ1) is 16.3. The number of thiophene rings is 1. The van der Waals surface area contributed by atoms with Gasteiger partial charge in [-0.15, -0.1) is 11.3 Å². The number of anilines is 1. The number of methoxy groups -OCH3 is 1. The fraction of sp³-hybridized carbons (Fsp3) is 0.200. The predicted octanol–water partition coefficient (Wildman–Crippen LogP) is 3.59. The molecule has 0 fully saturated rings. The maximum absolute atomic E-state index is 12.1. The lowest BCUT2D eigenvalue weighted by Crippen LogP contribution is -2.30. The van der Waals surface area contributed by atoms with Gasteiger partial charge in [0.1, 0.15) is 10.6 Å². The smallest absolute Gasteiger partial charge is 0.350 e. The molecule has 0 aliphatic carbocycles. The highest BCUT2D eigenvalue weighted by Gasteiger charge is 2.19. The van der Waals surface area contributed by atoms with Gasteiger partial charge in [0.2, 0.25) is 0 Å². The van der Waals surface area contributed by atoms with Gasteiger partial charge >= 0.3 is 5.97 Å². The molecule has 5 nitrogen and oxygen atoms in total. The van der Waals surface area contributed by atoms with Crippen molar-refractivity contribution in [2.75, 3.05) is 12.4 Å². The van der Waals surface area contributed by atoms with Crippen LogP contribution in [0.3, 0.4) is 0 Å². The number of hydrogen-bond donors (Lipinski definition) is 1. The second-order valence-electron chi connectivity index (χ2n) is 4.36. The number of benzene rings is 1. The summed E-state index contributed by atoms with van der Waals surface area (Å²) in [5, 5.41) is 4.95. The molecule has 0 aliphatic rings. The minimum Gasteiger partial charge on any atom is -0.481 e. The van der Waals surface area contributed by atoms with E-state index in [1.165, 1.54) is 18.4 Å². The van der Waals surface area contributed by atoms with E-state index in [0.29, 0.717) is 21.3 Å². The Balaban J connectivity index is 2.01. The van der Waals surface area contributed by atoms with E-state index in [1.54, 1.807) is 42.6 Å². The lowest BCUT2D eigenvalue weighted by atomic mass is 10.3. The van der Waals surface area contributed by atoms with E-state index in [4.69, 9.17) is 16.3 Å². The third-order valence-electron chi connectivity index (χ3n) is 2.79. The lowest BCUT2D eigenvalue weighted by Gasteiger charge is -2.14. The fourth-order valence-electron chi connectivity index (χ4n) is 1.66. The lowest BCUT2D eigenvalue weighted by molar-refractivity contribution is -0.122. The molecule has 22 heavy (non-hydrogen) atoms. The van der Waals surface area contributed by atoms with Gasteiger partial charge in [0, 0.05) is 5.02 Å². The van der Waals surface area contributed by atoms with Crippen molar-refractivity contribution < 1.29 is 19.1 Å². The van der Waals surface area contributed by atoms with Gasteiger partial charge in [0.05, 0.1) is 12.8 Å². The van der Waals surface area contributed by atoms with E-state index < -0.39 is 12.1 Å². The molecule has 1 atom stereocenters. The van der Waals surface area contributed by atoms with Gasteiger partial charge in [-0.3, -0.25) is 4.79 Å². The highest BCUT2D eigenvalue weighted by Crippen LogP contribution is 2.24. The molecular formula is C15H14ClNO4S. The quantitative estimate of drug-likeness (QED) is 0.845. The molecule has 1 N–H and O–H groups in total. The van der Waals surface area contributed by atoms with Crippen LogP contribution in [0.2, 0.25) is 5.02 Å². The van der Waals surface area contributed by atoms with Crippen LogP contribution in [0.15, 0.2) is 35.7 Å². The summed E-state index contributed by atoms with van der Waals surface area (Å²) in [4.78, 5) is 24.0. The Kier molecular flexibility index (Phi) is 5.41. The molecular weight excluding hydrogens is 326 g/mol. The Hall–Kier alpha value is -2.05. The SMILES string of the molecule is COC(=O)c1sccc1NC(=O)C(C)Oc1ccc(Cl)cc1. The third-order valence-corrected chi connectivity index (χ3v) is 3.94. The molecule has 0 saturated carbocycles. The maximum atomic E-state index is 12.1. The third kappa shape index (κ3) is 3.99. The number of hydrogen-bond acceptors (Lipinski definition) is 5. The summed E-state index contributed by atoms with van der Waals surface area (Å²) in [7, 11) is 1.29. The monoisotopic (exact) mass is 339 g/mol. The molecule has 0 bridgehead atoms. The number of carbonyl (C=O) groups excluding carboxylic acids is 2. The van der Waals surface area contributed by atoms with Crippen LogP contribution in [0.5, 0.6) is 5.75 Å². The van der Waals surface area contributed by atoms with Crippen molar-refractivity contribution >= 4 is 40.5 Å². The number of esters is 1. The highest BCUT2D eigenvalue weighted by atomic mass is 35.5. The largest absolute Gasteiger partial charge is 0.481 e. The number of nitrogens with one attached hydrogen (secondary N) is 1. The van der Waals surface area contributed by atoms with Crippen LogP contribution >= 0.6 is 22.9 Å². The van der Waals surface area contributed by atoms with Crippen molar-refractivity contribution in [2.24, 2.45) is 0 Å². The molecule has 1 heterocycles. The zero-order valence-corrected chi connectivity index (χ0v) is 13.5. The number of rotatable bonds is 5. The van der Waals surface area contributed by atoms with Crippen molar-refractivity contribution in [2.45, 2.75) is 13.0 Å². The molecule has 1 amide bonds. The number of halogens is 1. The average Bonchev–Trinajstić information content (AvgIpc) is 2.96. The molecule has 2 aromatic rings. The number of carbonyl (C=O) groups is 2. The van der Waals surface area contributed by atoms with E-state index in [2.05, 4.69) is 10.1 Å². The van der Waals surface area contributed by atoms with Gasteiger partial charge in [-0.25, -0.2) is 4.79 Å². The molecule has 1 unspecified atom stereocenters. The molecule has 0 radical (unpaired) electrons. The van der Waals surface area contributed by atoms with Crippen molar-refractivity contribution in [3.8, 4) is 5.75 Å². The summed E-state index contributed by atoms with van der Waals surface area (Å²) in [6, 6.07) is 8.35. The molecule has 0 aliphatic heterocycles. The summed E-state index contributed by atoms with van der Waals surface area (Å²) in [6.45, 7) is 1.62. The number of amides is 1. The van der Waals surface area contributed by atoms with Gasteiger partial charge in [0.15, 0.2) is 6.10 Å². The van der Waals surface area contributed by atoms with Crippen LogP contribution in [0.4, 0.5) is 5.69 Å². The summed E-state index contributed by atoms with van der Waals surface area (Å²) < 4.78 is 10.2. The van der Waals surface area contributed by atoms with Crippen LogP contribution in [0, 0.1) is 0 Å². The Morgan fingerprint density at radius 2 is 1.91 bits per heavy atom. The van der Waals surface area contributed by atoms with Gasteiger partial charge in [-0.2, -0.15) is 0 Å². The van der Waals surface area contributed by atoms with Crippen molar-refractivity contribution in [3.63, 3.8) is 0 Å². The minimum absolute atomic E-state index is 0.342. The second-order valence-corrected chi connectivity index (χ2v) is 5.71. The van der Waals surface area contributed by atoms with Crippen LogP contribution in [-0.4, -0.2) is 25.1 Å². The van der Waals surface area contributed by atoms with Crippen LogP contribution in [0.1, 0.15) is 16.6 Å². The molecule has 116 valence electrons. The van der Waals surface area contributed by atoms with Gasteiger partial charge in [-0.05, 0) is 42.6 Å². The first-order valence-electron chi connectivity index (χ1n) is 6.40. The fourth-order valence-corrected chi connectivity index (χ4v) is 2.56. The van der Waals surface area contributed by atoms with Gasteiger partial charge in [0.25, 0.3) is 5.91 Å². The van der Waals surface area contributed by atoms with E-state index in [9.17, 15) is 9.59 Å². The van der Waals surface area contributed by atoms with Gasteiger partial charge in [-0.1, -0.05) is 11.6 Å². The standard InChI is InChI=1S/C15H14ClNO4S/c1-9(21-11-5-3-10(16)4-6-11)14(18)17-12-7-8-22-13(12)15(19)20-2/h3-9H,1-2H3,(H,17,18). The van der Waals surface area contributed by atoms with Crippen LogP contribution in [-0.2, 0) is 9.53 Å². The van der Waals surface area contributed by atoms with Gasteiger partial charge < -0.3 is 14.8 Å². The van der Waals surface area contributed by atoms with Crippen LogP contribution < -0.4 is 10.1 Å². The second kappa shape index (κ2) is 7.29. The Morgan fingerprint density at radius 3 is 2.55 bits per heavy atom. The molecule has 1 aromatic heterocycles. The van der Waals surface area contributed by atoms with E-state index in [0.717, 1.165) is 0 Å². The summed E-state index contributed by atoms with van der Waals surface area (Å²) in [5.74, 6) is -0.319. The normalized spacial score (nSPS) is 11.6. The predicted molar refractivity (Wildman–Crippen MR) is 85.8 cm³/mol. The first-order chi connectivity index (χ1) is 10.5. The topological polar surface area (TPSA) is 64.6 Å². The Labute approximate surface area is 136 Å². The molecule has 1 aromatic carbocycles. The van der Waals surface area contributed by atoms with Crippen molar-refractivity contribution in [1.29, 1.82) is 0 Å². The molecule has 0 spiro atoms. The summed E-state index contributed by atoms with van der Waals surface area (Å²) in [6.07, 6.45) is -0.730. The highest BCUT2D eigenvalue weighted by molar-refractivity contribution is 7.12. The summed E-state index contributed by atoms with van der Waals surface area (Å²) in [5.41, 5.74) is 0.411. The van der Waals surface area contributed by atoms with E-state index in [-0.39, 0.29) is 5.91 Å². The maximum Gasteiger partial charge on any atom is 0.350 e. The first-order valence-corrected chi connectivity index (χ1v) is 7.66. The minimum atomic E-state index is -0.730. The van der Waals surface area contributed by atoms with E-state index >= 15 is 0 Å². The zero-order valence-electron chi connectivity index (χ0n) is 12.0. The Bertz CT molecular complexity index is 668. The Morgan fingerprint density at radius 1 is 1.23 bits per heavy atom. The zero-order chi connectivity index (χ0) is 16.1. The molecule has 0 saturated heterocycles.